The lowest BCUT2D eigenvalue weighted by Crippen LogP contribution is -2.29. The van der Waals surface area contributed by atoms with Crippen LogP contribution in [0.5, 0.6) is 0 Å². The normalized spacial score (nSPS) is 16.7. The van der Waals surface area contributed by atoms with Crippen molar-refractivity contribution in [1.82, 2.24) is 19.3 Å². The first-order chi connectivity index (χ1) is 13.0. The molecule has 1 unspecified atom stereocenters. The van der Waals surface area contributed by atoms with E-state index in [1.807, 2.05) is 52.8 Å². The molecular weight excluding hydrogens is 342 g/mol. The first-order valence-corrected chi connectivity index (χ1v) is 9.04. The van der Waals surface area contributed by atoms with Gasteiger partial charge in [0, 0.05) is 25.4 Å². The summed E-state index contributed by atoms with van der Waals surface area (Å²) in [6.07, 6.45) is 3.66. The Labute approximate surface area is 157 Å². The van der Waals surface area contributed by atoms with Crippen molar-refractivity contribution in [3.8, 4) is 0 Å². The van der Waals surface area contributed by atoms with Crippen LogP contribution in [-0.4, -0.2) is 37.6 Å². The van der Waals surface area contributed by atoms with Gasteiger partial charge in [-0.25, -0.2) is 9.97 Å². The fourth-order valence-corrected chi connectivity index (χ4v) is 3.66. The van der Waals surface area contributed by atoms with Crippen molar-refractivity contribution in [3.63, 3.8) is 0 Å². The number of nitrogens with one attached hydrogen (secondary N) is 1. The Hall–Kier alpha value is -3.22. The number of pyridine rings is 2. The summed E-state index contributed by atoms with van der Waals surface area (Å²) in [7, 11) is 0. The van der Waals surface area contributed by atoms with Crippen LogP contribution in [-0.2, 0) is 4.79 Å². The third kappa shape index (κ3) is 3.16. The molecule has 4 heterocycles. The molecule has 3 aromatic rings. The summed E-state index contributed by atoms with van der Waals surface area (Å²) >= 11 is 0. The van der Waals surface area contributed by atoms with Crippen molar-refractivity contribution in [1.29, 1.82) is 0 Å². The highest BCUT2D eigenvalue weighted by atomic mass is 16.2. The van der Waals surface area contributed by atoms with E-state index in [4.69, 9.17) is 0 Å². The second kappa shape index (κ2) is 6.83. The van der Waals surface area contributed by atoms with Crippen molar-refractivity contribution in [2.24, 2.45) is 0 Å². The monoisotopic (exact) mass is 363 g/mol. The molecule has 0 radical (unpaired) electrons. The van der Waals surface area contributed by atoms with E-state index in [2.05, 4.69) is 15.3 Å². The molecule has 7 nitrogen and oxygen atoms in total. The lowest BCUT2D eigenvalue weighted by atomic mass is 10.2. The second-order valence-electron chi connectivity index (χ2n) is 6.76. The number of carbonyl (C=O) groups is 2. The standard InChI is InChI=1S/C20H21N5O2/c1-13-7-5-10-17(21-13)22-20(27)18-15-8-3-4-11-25(15)19(23-18)16-9-6-12-24(16)14(2)26/h3-5,7-8,10-11,16H,6,9,12H2,1-2H3,(H,21,22,27). The molecule has 1 fully saturated rings. The van der Waals surface area contributed by atoms with E-state index in [9.17, 15) is 9.59 Å². The summed E-state index contributed by atoms with van der Waals surface area (Å²) < 4.78 is 1.91. The molecule has 1 aliphatic heterocycles. The largest absolute Gasteiger partial charge is 0.333 e. The van der Waals surface area contributed by atoms with E-state index in [1.54, 1.807) is 13.0 Å². The van der Waals surface area contributed by atoms with Gasteiger partial charge in [0.1, 0.15) is 11.6 Å². The third-order valence-corrected chi connectivity index (χ3v) is 4.88. The van der Waals surface area contributed by atoms with Gasteiger partial charge in [0.2, 0.25) is 5.91 Å². The predicted molar refractivity (Wildman–Crippen MR) is 101 cm³/mol. The highest BCUT2D eigenvalue weighted by Crippen LogP contribution is 2.32. The first kappa shape index (κ1) is 17.2. The number of hydrogen-bond acceptors (Lipinski definition) is 4. The Morgan fingerprint density at radius 3 is 2.78 bits per heavy atom. The number of carbonyl (C=O) groups excluding carboxylic acids is 2. The molecule has 7 heteroatoms. The van der Waals surface area contributed by atoms with E-state index in [1.165, 1.54) is 0 Å². The van der Waals surface area contributed by atoms with Crippen LogP contribution in [0.2, 0.25) is 0 Å². The zero-order chi connectivity index (χ0) is 19.0. The van der Waals surface area contributed by atoms with Gasteiger partial charge in [0.25, 0.3) is 5.91 Å². The predicted octanol–water partition coefficient (Wildman–Crippen LogP) is 2.97. The van der Waals surface area contributed by atoms with Crippen molar-refractivity contribution in [2.45, 2.75) is 32.7 Å². The maximum Gasteiger partial charge on any atom is 0.277 e. The fourth-order valence-electron chi connectivity index (χ4n) is 3.66. The minimum Gasteiger partial charge on any atom is -0.333 e. The van der Waals surface area contributed by atoms with Crippen molar-refractivity contribution < 1.29 is 9.59 Å². The smallest absolute Gasteiger partial charge is 0.277 e. The first-order valence-electron chi connectivity index (χ1n) is 9.04. The van der Waals surface area contributed by atoms with Crippen molar-refractivity contribution >= 4 is 23.1 Å². The van der Waals surface area contributed by atoms with Crippen LogP contribution in [0, 0.1) is 6.92 Å². The molecule has 1 saturated heterocycles. The molecule has 27 heavy (non-hydrogen) atoms. The summed E-state index contributed by atoms with van der Waals surface area (Å²) in [4.78, 5) is 35.7. The highest BCUT2D eigenvalue weighted by Gasteiger charge is 2.32. The topological polar surface area (TPSA) is 79.6 Å². The molecule has 4 rings (SSSR count). The molecule has 3 aromatic heterocycles. The molecule has 1 aliphatic rings. The Bertz CT molecular complexity index is 1030. The summed E-state index contributed by atoms with van der Waals surface area (Å²) in [5.41, 5.74) is 1.88. The number of imidazole rings is 1. The van der Waals surface area contributed by atoms with Gasteiger partial charge >= 0.3 is 0 Å². The lowest BCUT2D eigenvalue weighted by molar-refractivity contribution is -0.129. The quantitative estimate of drug-likeness (QED) is 0.776. The number of hydrogen-bond donors (Lipinski definition) is 1. The minimum absolute atomic E-state index is 0.0279. The zero-order valence-corrected chi connectivity index (χ0v) is 15.3. The Morgan fingerprint density at radius 1 is 1.15 bits per heavy atom. The minimum atomic E-state index is -0.310. The van der Waals surface area contributed by atoms with Crippen LogP contribution < -0.4 is 5.32 Å². The summed E-state index contributed by atoms with van der Waals surface area (Å²) in [5, 5.41) is 2.82. The van der Waals surface area contributed by atoms with Gasteiger partial charge < -0.3 is 14.6 Å². The van der Waals surface area contributed by atoms with Crippen LogP contribution in [0.25, 0.3) is 5.52 Å². The SMILES string of the molecule is CC(=O)N1CCCC1c1nc(C(=O)Nc2cccc(C)n2)c2ccccn12. The number of aromatic nitrogens is 3. The van der Waals surface area contributed by atoms with Gasteiger partial charge in [-0.15, -0.1) is 0 Å². The number of rotatable bonds is 3. The molecule has 1 N–H and O–H groups in total. The van der Waals surface area contributed by atoms with Gasteiger partial charge in [-0.05, 0) is 44.0 Å². The summed E-state index contributed by atoms with van der Waals surface area (Å²) in [6, 6.07) is 11.0. The Balaban J connectivity index is 1.74. The van der Waals surface area contributed by atoms with Crippen LogP contribution in [0.1, 0.15) is 47.8 Å². The van der Waals surface area contributed by atoms with E-state index < -0.39 is 0 Å². The number of nitrogens with zero attached hydrogens (tertiary/aromatic N) is 4. The van der Waals surface area contributed by atoms with Crippen LogP contribution in [0.4, 0.5) is 5.82 Å². The second-order valence-corrected chi connectivity index (χ2v) is 6.76. The molecule has 0 aromatic carbocycles. The molecule has 1 atom stereocenters. The van der Waals surface area contributed by atoms with Crippen LogP contribution in [0.3, 0.4) is 0 Å². The number of fused-ring (bicyclic) bond motifs is 1. The van der Waals surface area contributed by atoms with E-state index in [0.717, 1.165) is 30.9 Å². The van der Waals surface area contributed by atoms with E-state index in [0.29, 0.717) is 17.0 Å². The molecule has 0 spiro atoms. The van der Waals surface area contributed by atoms with Crippen LogP contribution in [0.15, 0.2) is 42.6 Å². The van der Waals surface area contributed by atoms with Gasteiger partial charge in [-0.3, -0.25) is 9.59 Å². The maximum atomic E-state index is 12.9. The lowest BCUT2D eigenvalue weighted by Gasteiger charge is -2.22. The number of aryl methyl sites for hydroxylation is 1. The number of likely N-dealkylation sites (tertiary alicyclic amines) is 1. The Kier molecular flexibility index (Phi) is 4.35. The van der Waals surface area contributed by atoms with Gasteiger partial charge in [0.05, 0.1) is 11.6 Å². The maximum absolute atomic E-state index is 12.9. The van der Waals surface area contributed by atoms with Gasteiger partial charge in [-0.2, -0.15) is 0 Å². The molecule has 0 saturated carbocycles. The van der Waals surface area contributed by atoms with Gasteiger partial charge in [0.15, 0.2) is 5.69 Å². The molecular formula is C20H21N5O2. The molecule has 138 valence electrons. The fraction of sp³-hybridized carbons (Fsp3) is 0.300. The van der Waals surface area contributed by atoms with Crippen molar-refractivity contribution in [3.05, 3.63) is 59.8 Å². The van der Waals surface area contributed by atoms with E-state index in [-0.39, 0.29) is 17.9 Å². The van der Waals surface area contributed by atoms with Crippen molar-refractivity contribution in [2.75, 3.05) is 11.9 Å². The third-order valence-electron chi connectivity index (χ3n) is 4.88. The summed E-state index contributed by atoms with van der Waals surface area (Å²) in [5.74, 6) is 0.932. The average molecular weight is 363 g/mol. The van der Waals surface area contributed by atoms with E-state index >= 15 is 0 Å². The van der Waals surface area contributed by atoms with Crippen LogP contribution >= 0.6 is 0 Å². The number of amides is 2. The number of anilines is 1. The molecule has 0 aliphatic carbocycles. The Morgan fingerprint density at radius 2 is 2.00 bits per heavy atom. The zero-order valence-electron chi connectivity index (χ0n) is 15.3. The van der Waals surface area contributed by atoms with Gasteiger partial charge in [-0.1, -0.05) is 12.1 Å². The highest BCUT2D eigenvalue weighted by molar-refractivity contribution is 6.07. The molecule has 0 bridgehead atoms. The average Bonchev–Trinajstić information content (AvgIpc) is 3.26. The summed E-state index contributed by atoms with van der Waals surface area (Å²) in [6.45, 7) is 4.16. The molecule has 2 amide bonds.